The Hall–Kier alpha value is -0.240. The van der Waals surface area contributed by atoms with E-state index in [0.717, 1.165) is 5.56 Å². The van der Waals surface area contributed by atoms with Gasteiger partial charge in [0, 0.05) is 16.7 Å². The topological polar surface area (TPSA) is 9.23 Å². The van der Waals surface area contributed by atoms with Crippen molar-refractivity contribution >= 4 is 23.2 Å². The summed E-state index contributed by atoms with van der Waals surface area (Å²) in [7, 11) is 0. The van der Waals surface area contributed by atoms with Gasteiger partial charge in [0.2, 0.25) is 0 Å². The highest BCUT2D eigenvalue weighted by atomic mass is 35.5. The monoisotopic (exact) mass is 203 g/mol. The molecule has 0 saturated heterocycles. The van der Waals surface area contributed by atoms with Gasteiger partial charge < -0.3 is 4.74 Å². The van der Waals surface area contributed by atoms with Crippen molar-refractivity contribution < 1.29 is 4.74 Å². The second-order valence-electron chi connectivity index (χ2n) is 2.33. The Morgan fingerprint density at radius 3 is 2.25 bits per heavy atom. The molecular weight excluding hydrogens is 195 g/mol. The van der Waals surface area contributed by atoms with Crippen LogP contribution in [0.4, 0.5) is 0 Å². The summed E-state index contributed by atoms with van der Waals surface area (Å²) in [6.07, 6.45) is 0. The highest BCUT2D eigenvalue weighted by Gasteiger charge is 1.97. The standard InChI is InChI=1S/C9H9Cl2O/c1-2-12-6-7-3-8(10)5-9(11)4-7/h3-5H,1-2,6H2. The molecule has 0 aromatic heterocycles. The highest BCUT2D eigenvalue weighted by Crippen LogP contribution is 2.19. The molecule has 0 spiro atoms. The first kappa shape index (κ1) is 9.85. The minimum atomic E-state index is 0.449. The lowest BCUT2D eigenvalue weighted by Gasteiger charge is -2.02. The summed E-state index contributed by atoms with van der Waals surface area (Å²) in [6, 6.07) is 5.34. The molecule has 0 atom stereocenters. The van der Waals surface area contributed by atoms with Gasteiger partial charge in [-0.1, -0.05) is 23.2 Å². The molecule has 0 aliphatic rings. The van der Waals surface area contributed by atoms with Gasteiger partial charge in [-0.15, -0.1) is 0 Å². The number of hydrogen-bond acceptors (Lipinski definition) is 1. The van der Waals surface area contributed by atoms with Crippen LogP contribution in [0.2, 0.25) is 10.0 Å². The van der Waals surface area contributed by atoms with E-state index in [2.05, 4.69) is 6.92 Å². The van der Waals surface area contributed by atoms with Crippen LogP contribution in [0.15, 0.2) is 18.2 Å². The summed E-state index contributed by atoms with van der Waals surface area (Å²) in [5, 5.41) is 1.26. The molecule has 1 nitrogen and oxygen atoms in total. The summed E-state index contributed by atoms with van der Waals surface area (Å²) in [5.74, 6) is 0. The number of ether oxygens (including phenoxy) is 1. The van der Waals surface area contributed by atoms with E-state index in [9.17, 15) is 0 Å². The second kappa shape index (κ2) is 4.70. The van der Waals surface area contributed by atoms with Crippen molar-refractivity contribution in [1.29, 1.82) is 0 Å². The largest absolute Gasteiger partial charge is 0.377 e. The van der Waals surface area contributed by atoms with E-state index in [0.29, 0.717) is 23.3 Å². The minimum Gasteiger partial charge on any atom is -0.377 e. The molecule has 0 heterocycles. The van der Waals surface area contributed by atoms with Crippen LogP contribution in [0.1, 0.15) is 5.56 Å². The lowest BCUT2D eigenvalue weighted by Crippen LogP contribution is -1.91. The summed E-state index contributed by atoms with van der Waals surface area (Å²) >= 11 is 11.5. The average molecular weight is 204 g/mol. The Balaban J connectivity index is 2.72. The van der Waals surface area contributed by atoms with Crippen LogP contribution >= 0.6 is 23.2 Å². The van der Waals surface area contributed by atoms with Crippen LogP contribution < -0.4 is 0 Å². The smallest absolute Gasteiger partial charge is 0.0717 e. The Labute approximate surface area is 82.2 Å². The highest BCUT2D eigenvalue weighted by molar-refractivity contribution is 6.34. The van der Waals surface area contributed by atoms with Gasteiger partial charge in [-0.2, -0.15) is 0 Å². The van der Waals surface area contributed by atoms with E-state index in [4.69, 9.17) is 27.9 Å². The average Bonchev–Trinajstić information content (AvgIpc) is 1.99. The van der Waals surface area contributed by atoms with Gasteiger partial charge in [0.15, 0.2) is 0 Å². The molecule has 3 heteroatoms. The Morgan fingerprint density at radius 2 is 1.75 bits per heavy atom. The minimum absolute atomic E-state index is 0.449. The van der Waals surface area contributed by atoms with Crippen LogP contribution in [-0.4, -0.2) is 6.61 Å². The molecule has 1 rings (SSSR count). The molecule has 0 aliphatic carbocycles. The van der Waals surface area contributed by atoms with Crippen LogP contribution in [0.25, 0.3) is 0 Å². The first-order valence-corrected chi connectivity index (χ1v) is 4.30. The summed E-state index contributed by atoms with van der Waals surface area (Å²) in [5.41, 5.74) is 0.969. The van der Waals surface area contributed by atoms with E-state index in [-0.39, 0.29) is 0 Å². The number of halogens is 2. The third-order valence-electron chi connectivity index (χ3n) is 1.34. The maximum Gasteiger partial charge on any atom is 0.0717 e. The number of benzene rings is 1. The SMILES string of the molecule is [CH2]COCc1cc(Cl)cc(Cl)c1. The molecule has 0 amide bonds. The molecule has 0 aliphatic heterocycles. The zero-order chi connectivity index (χ0) is 8.97. The van der Waals surface area contributed by atoms with Crippen LogP contribution in [0, 0.1) is 6.92 Å². The zero-order valence-electron chi connectivity index (χ0n) is 6.52. The predicted octanol–water partition coefficient (Wildman–Crippen LogP) is 3.34. The van der Waals surface area contributed by atoms with Crippen LogP contribution in [0.3, 0.4) is 0 Å². The molecule has 1 radical (unpaired) electrons. The molecule has 12 heavy (non-hydrogen) atoms. The molecule has 0 saturated carbocycles. The van der Waals surface area contributed by atoms with E-state index in [1.165, 1.54) is 0 Å². The second-order valence-corrected chi connectivity index (χ2v) is 3.20. The van der Waals surface area contributed by atoms with Crippen molar-refractivity contribution in [3.63, 3.8) is 0 Å². The van der Waals surface area contributed by atoms with Gasteiger partial charge in [-0.05, 0) is 30.7 Å². The van der Waals surface area contributed by atoms with Gasteiger partial charge in [-0.25, -0.2) is 0 Å². The maximum atomic E-state index is 5.77. The van der Waals surface area contributed by atoms with Gasteiger partial charge >= 0.3 is 0 Å². The third-order valence-corrected chi connectivity index (χ3v) is 1.77. The molecule has 0 bridgehead atoms. The van der Waals surface area contributed by atoms with Gasteiger partial charge in [0.25, 0.3) is 0 Å². The third kappa shape index (κ3) is 3.02. The maximum absolute atomic E-state index is 5.77. The Bertz CT molecular complexity index is 240. The molecule has 1 aromatic carbocycles. The quantitative estimate of drug-likeness (QED) is 0.733. The fourth-order valence-corrected chi connectivity index (χ4v) is 1.46. The summed E-state index contributed by atoms with van der Waals surface area (Å²) < 4.78 is 5.10. The number of rotatable bonds is 3. The van der Waals surface area contributed by atoms with E-state index in [1.54, 1.807) is 6.07 Å². The normalized spacial score (nSPS) is 10.2. The number of hydrogen-bond donors (Lipinski definition) is 0. The van der Waals surface area contributed by atoms with E-state index < -0.39 is 0 Å². The van der Waals surface area contributed by atoms with Crippen molar-refractivity contribution in [3.8, 4) is 0 Å². The summed E-state index contributed by atoms with van der Waals surface area (Å²) in [4.78, 5) is 0. The summed E-state index contributed by atoms with van der Waals surface area (Å²) in [6.45, 7) is 4.51. The molecule has 0 N–H and O–H groups in total. The lowest BCUT2D eigenvalue weighted by molar-refractivity contribution is 0.147. The van der Waals surface area contributed by atoms with Gasteiger partial charge in [0.05, 0.1) is 6.61 Å². The fraction of sp³-hybridized carbons (Fsp3) is 0.222. The first-order valence-electron chi connectivity index (χ1n) is 3.54. The zero-order valence-corrected chi connectivity index (χ0v) is 8.03. The van der Waals surface area contributed by atoms with Crippen LogP contribution in [0.5, 0.6) is 0 Å². The first-order chi connectivity index (χ1) is 5.72. The molecule has 65 valence electrons. The molecule has 1 aromatic rings. The molecular formula is C9H9Cl2O. The lowest BCUT2D eigenvalue weighted by atomic mass is 10.2. The predicted molar refractivity (Wildman–Crippen MR) is 51.5 cm³/mol. The van der Waals surface area contributed by atoms with Crippen molar-refractivity contribution in [1.82, 2.24) is 0 Å². The van der Waals surface area contributed by atoms with Crippen LogP contribution in [-0.2, 0) is 11.3 Å². The van der Waals surface area contributed by atoms with Crippen molar-refractivity contribution in [2.24, 2.45) is 0 Å². The van der Waals surface area contributed by atoms with Gasteiger partial charge in [0.1, 0.15) is 0 Å². The van der Waals surface area contributed by atoms with Crippen molar-refractivity contribution in [2.45, 2.75) is 6.61 Å². The van der Waals surface area contributed by atoms with Crippen molar-refractivity contribution in [3.05, 3.63) is 40.7 Å². The Kier molecular flexibility index (Phi) is 3.86. The van der Waals surface area contributed by atoms with E-state index >= 15 is 0 Å². The van der Waals surface area contributed by atoms with Crippen molar-refractivity contribution in [2.75, 3.05) is 6.61 Å². The molecule has 0 unspecified atom stereocenters. The fourth-order valence-electron chi connectivity index (χ4n) is 0.884. The van der Waals surface area contributed by atoms with E-state index in [1.807, 2.05) is 12.1 Å². The molecule has 0 fully saturated rings. The van der Waals surface area contributed by atoms with Gasteiger partial charge in [-0.3, -0.25) is 0 Å². The Morgan fingerprint density at radius 1 is 1.17 bits per heavy atom.